The Balaban J connectivity index is 1.67. The summed E-state index contributed by atoms with van der Waals surface area (Å²) in [5.74, 6) is -0.582. The second-order valence-electron chi connectivity index (χ2n) is 6.95. The number of aryl methyl sites for hydroxylation is 1. The van der Waals surface area contributed by atoms with Gasteiger partial charge in [0.1, 0.15) is 5.75 Å². The zero-order valence-corrected chi connectivity index (χ0v) is 16.6. The van der Waals surface area contributed by atoms with Crippen molar-refractivity contribution >= 4 is 21.4 Å². The van der Waals surface area contributed by atoms with Gasteiger partial charge in [0.15, 0.2) is 9.84 Å². The van der Waals surface area contributed by atoms with Crippen molar-refractivity contribution in [3.8, 4) is 5.75 Å². The van der Waals surface area contributed by atoms with Crippen molar-refractivity contribution < 1.29 is 31.1 Å². The largest absolute Gasteiger partial charge is 0.573 e. The van der Waals surface area contributed by atoms with E-state index < -0.39 is 16.2 Å². The Kier molecular flexibility index (Phi) is 5.61. The van der Waals surface area contributed by atoms with Gasteiger partial charge in [-0.2, -0.15) is 5.10 Å². The molecule has 3 rings (SSSR count). The minimum atomic E-state index is -4.78. The highest BCUT2D eigenvalue weighted by Gasteiger charge is 2.32. The average Bonchev–Trinajstić information content (AvgIpc) is 3.09. The van der Waals surface area contributed by atoms with Gasteiger partial charge in [0, 0.05) is 16.9 Å². The quantitative estimate of drug-likeness (QED) is 0.786. The Labute approximate surface area is 165 Å². The monoisotopic (exact) mass is 431 g/mol. The van der Waals surface area contributed by atoms with Gasteiger partial charge in [-0.1, -0.05) is 0 Å². The molecule has 0 radical (unpaired) electrons. The minimum Gasteiger partial charge on any atom is -0.406 e. The van der Waals surface area contributed by atoms with Gasteiger partial charge in [-0.15, -0.1) is 13.2 Å². The molecule has 1 aromatic carbocycles. The Morgan fingerprint density at radius 2 is 1.93 bits per heavy atom. The summed E-state index contributed by atoms with van der Waals surface area (Å²) in [5.41, 5.74) is 2.39. The number of hydrogen-bond donors (Lipinski definition) is 1. The van der Waals surface area contributed by atoms with Crippen molar-refractivity contribution in [3.05, 3.63) is 41.2 Å². The van der Waals surface area contributed by atoms with Gasteiger partial charge in [0.05, 0.1) is 29.7 Å². The molecule has 11 heteroatoms. The third-order valence-electron chi connectivity index (χ3n) is 4.74. The number of rotatable bonds is 5. The number of carbonyl (C=O) groups excluding carboxylic acids is 1. The molecule has 1 aromatic heterocycles. The van der Waals surface area contributed by atoms with E-state index >= 15 is 0 Å². The van der Waals surface area contributed by atoms with Crippen LogP contribution in [-0.2, 0) is 21.1 Å². The van der Waals surface area contributed by atoms with Crippen LogP contribution in [0.3, 0.4) is 0 Å². The van der Waals surface area contributed by atoms with E-state index in [4.69, 9.17) is 0 Å². The van der Waals surface area contributed by atoms with E-state index in [9.17, 15) is 26.4 Å². The van der Waals surface area contributed by atoms with Crippen LogP contribution in [0.2, 0.25) is 0 Å². The van der Waals surface area contributed by atoms with Crippen LogP contribution in [0.15, 0.2) is 24.3 Å². The molecule has 1 saturated heterocycles. The Bertz CT molecular complexity index is 1010. The average molecular weight is 431 g/mol. The summed E-state index contributed by atoms with van der Waals surface area (Å²) in [6.07, 6.45) is -4.28. The number of ether oxygens (including phenoxy) is 1. The standard InChI is InChI=1S/C18H20F3N3O4S/c1-11-16(12(2)24(23-11)14-7-8-29(26,27)10-14)9-17(25)22-13-3-5-15(6-4-13)28-18(19,20)21/h3-6,14H,7-10H2,1-2H3,(H,22,25). The lowest BCUT2D eigenvalue weighted by molar-refractivity contribution is -0.274. The fraction of sp³-hybridized carbons (Fsp3) is 0.444. The Hall–Kier alpha value is -2.56. The molecular weight excluding hydrogens is 411 g/mol. The molecule has 1 aliphatic rings. The van der Waals surface area contributed by atoms with Crippen LogP contribution in [0.4, 0.5) is 18.9 Å². The second-order valence-corrected chi connectivity index (χ2v) is 9.18. The van der Waals surface area contributed by atoms with Crippen LogP contribution >= 0.6 is 0 Å². The SMILES string of the molecule is Cc1nn(C2CCS(=O)(=O)C2)c(C)c1CC(=O)Nc1ccc(OC(F)(F)F)cc1. The maximum absolute atomic E-state index is 12.4. The van der Waals surface area contributed by atoms with Gasteiger partial charge in [-0.25, -0.2) is 8.42 Å². The number of carbonyl (C=O) groups is 1. The summed E-state index contributed by atoms with van der Waals surface area (Å²) in [6, 6.07) is 4.60. The highest BCUT2D eigenvalue weighted by Crippen LogP contribution is 2.27. The first-order chi connectivity index (χ1) is 13.4. The molecule has 1 unspecified atom stereocenters. The van der Waals surface area contributed by atoms with Crippen LogP contribution < -0.4 is 10.1 Å². The van der Waals surface area contributed by atoms with Crippen molar-refractivity contribution in [2.75, 3.05) is 16.8 Å². The van der Waals surface area contributed by atoms with E-state index in [1.165, 1.54) is 12.1 Å². The Morgan fingerprint density at radius 1 is 1.28 bits per heavy atom. The van der Waals surface area contributed by atoms with Gasteiger partial charge in [-0.05, 0) is 44.5 Å². The van der Waals surface area contributed by atoms with Crippen LogP contribution in [0.5, 0.6) is 5.75 Å². The number of aromatic nitrogens is 2. The number of amides is 1. The maximum atomic E-state index is 12.4. The number of alkyl halides is 3. The van der Waals surface area contributed by atoms with Crippen LogP contribution in [0.1, 0.15) is 29.4 Å². The van der Waals surface area contributed by atoms with Gasteiger partial charge in [-0.3, -0.25) is 9.48 Å². The summed E-state index contributed by atoms with van der Waals surface area (Å²) in [6.45, 7) is 3.54. The molecule has 0 aliphatic carbocycles. The number of nitrogens with one attached hydrogen (secondary N) is 1. The van der Waals surface area contributed by atoms with Crippen LogP contribution in [0.25, 0.3) is 0 Å². The van der Waals surface area contributed by atoms with Crippen LogP contribution in [-0.4, -0.2) is 42.0 Å². The predicted molar refractivity (Wildman–Crippen MR) is 99.5 cm³/mol. The molecule has 7 nitrogen and oxygen atoms in total. The normalized spacial score (nSPS) is 18.6. The van der Waals surface area contributed by atoms with Crippen molar-refractivity contribution in [3.63, 3.8) is 0 Å². The van der Waals surface area contributed by atoms with Gasteiger partial charge in [0.25, 0.3) is 0 Å². The van der Waals surface area contributed by atoms with Crippen molar-refractivity contribution in [2.45, 2.75) is 39.1 Å². The molecule has 158 valence electrons. The third-order valence-corrected chi connectivity index (χ3v) is 6.49. The summed E-state index contributed by atoms with van der Waals surface area (Å²) < 4.78 is 65.5. The third kappa shape index (κ3) is 5.28. The number of sulfone groups is 1. The van der Waals surface area contributed by atoms with E-state index in [1.807, 2.05) is 0 Å². The zero-order chi connectivity index (χ0) is 21.4. The topological polar surface area (TPSA) is 90.3 Å². The number of nitrogens with zero attached hydrogens (tertiary/aromatic N) is 2. The summed E-state index contributed by atoms with van der Waals surface area (Å²) in [7, 11) is -3.06. The summed E-state index contributed by atoms with van der Waals surface area (Å²) >= 11 is 0. The smallest absolute Gasteiger partial charge is 0.406 e. The minimum absolute atomic E-state index is 0.0118. The van der Waals surface area contributed by atoms with Crippen molar-refractivity contribution in [2.24, 2.45) is 0 Å². The summed E-state index contributed by atoms with van der Waals surface area (Å²) in [4.78, 5) is 12.4. The molecule has 0 bridgehead atoms. The second kappa shape index (κ2) is 7.69. The molecule has 0 spiro atoms. The molecule has 1 aliphatic heterocycles. The Morgan fingerprint density at radius 3 is 2.48 bits per heavy atom. The molecule has 1 amide bonds. The molecule has 0 saturated carbocycles. The first kappa shape index (κ1) is 21.2. The number of benzene rings is 1. The zero-order valence-electron chi connectivity index (χ0n) is 15.8. The van der Waals surface area contributed by atoms with E-state index in [0.29, 0.717) is 23.4 Å². The van der Waals surface area contributed by atoms with E-state index in [2.05, 4.69) is 15.2 Å². The predicted octanol–water partition coefficient (Wildman–Crippen LogP) is 2.94. The molecule has 29 heavy (non-hydrogen) atoms. The first-order valence-electron chi connectivity index (χ1n) is 8.84. The van der Waals surface area contributed by atoms with E-state index in [1.54, 1.807) is 18.5 Å². The first-order valence-corrected chi connectivity index (χ1v) is 10.7. The fourth-order valence-electron chi connectivity index (χ4n) is 3.38. The highest BCUT2D eigenvalue weighted by atomic mass is 32.2. The maximum Gasteiger partial charge on any atom is 0.573 e. The number of halogens is 3. The lowest BCUT2D eigenvalue weighted by atomic mass is 10.1. The molecule has 1 fully saturated rings. The number of anilines is 1. The van der Waals surface area contributed by atoms with E-state index in [0.717, 1.165) is 17.8 Å². The number of hydrogen-bond acceptors (Lipinski definition) is 5. The van der Waals surface area contributed by atoms with Crippen molar-refractivity contribution in [1.29, 1.82) is 0 Å². The van der Waals surface area contributed by atoms with Gasteiger partial charge in [0.2, 0.25) is 5.91 Å². The van der Waals surface area contributed by atoms with Crippen LogP contribution in [0, 0.1) is 13.8 Å². The molecule has 1 N–H and O–H groups in total. The van der Waals surface area contributed by atoms with Crippen molar-refractivity contribution in [1.82, 2.24) is 9.78 Å². The van der Waals surface area contributed by atoms with E-state index in [-0.39, 0.29) is 35.6 Å². The molecule has 2 aromatic rings. The lowest BCUT2D eigenvalue weighted by Gasteiger charge is -2.12. The van der Waals surface area contributed by atoms with Gasteiger partial charge < -0.3 is 10.1 Å². The molecule has 1 atom stereocenters. The lowest BCUT2D eigenvalue weighted by Crippen LogP contribution is -2.18. The highest BCUT2D eigenvalue weighted by molar-refractivity contribution is 7.91. The molecule has 2 heterocycles. The summed E-state index contributed by atoms with van der Waals surface area (Å²) in [5, 5.41) is 7.03. The van der Waals surface area contributed by atoms with Gasteiger partial charge >= 0.3 is 6.36 Å². The fourth-order valence-corrected chi connectivity index (χ4v) is 5.07. The molecular formula is C18H20F3N3O4S.